The summed E-state index contributed by atoms with van der Waals surface area (Å²) in [5, 5.41) is 3.17. The molecule has 1 N–H and O–H groups in total. The van der Waals surface area contributed by atoms with E-state index in [0.29, 0.717) is 30.7 Å². The quantitative estimate of drug-likeness (QED) is 0.924. The number of anilines is 2. The van der Waals surface area contributed by atoms with Crippen LogP contribution in [0.25, 0.3) is 0 Å². The second-order valence-electron chi connectivity index (χ2n) is 5.38. The van der Waals surface area contributed by atoms with Crippen LogP contribution in [0.5, 0.6) is 5.88 Å². The van der Waals surface area contributed by atoms with Gasteiger partial charge in [-0.3, -0.25) is 0 Å². The van der Waals surface area contributed by atoms with Crippen LogP contribution in [0, 0.1) is 0 Å². The lowest BCUT2D eigenvalue weighted by molar-refractivity contribution is -0.141. The molecule has 0 amide bonds. The molecule has 3 heterocycles. The topological polar surface area (TPSA) is 63.2 Å². The standard InChI is InChI=1S/C15H16F3N5O/c1-24-13-5-7-19-14(22-13)20-10-6-8-23(9-10)12-4-2-3-11(21-12)15(16,17)18/h2-5,7,10H,6,8-9H2,1H3,(H,19,20,22). The van der Waals surface area contributed by atoms with Crippen molar-refractivity contribution in [3.8, 4) is 5.88 Å². The lowest BCUT2D eigenvalue weighted by Crippen LogP contribution is -2.27. The molecule has 2 aromatic heterocycles. The minimum absolute atomic E-state index is 0.0217. The van der Waals surface area contributed by atoms with E-state index in [1.165, 1.54) is 13.2 Å². The van der Waals surface area contributed by atoms with Gasteiger partial charge < -0.3 is 15.0 Å². The van der Waals surface area contributed by atoms with E-state index < -0.39 is 11.9 Å². The van der Waals surface area contributed by atoms with E-state index in [-0.39, 0.29) is 6.04 Å². The van der Waals surface area contributed by atoms with Gasteiger partial charge in [0.2, 0.25) is 11.8 Å². The first kappa shape index (κ1) is 16.3. The van der Waals surface area contributed by atoms with Crippen molar-refractivity contribution in [2.24, 2.45) is 0 Å². The number of ether oxygens (including phenoxy) is 1. The molecule has 1 aliphatic rings. The van der Waals surface area contributed by atoms with Gasteiger partial charge in [0.1, 0.15) is 11.5 Å². The lowest BCUT2D eigenvalue weighted by atomic mass is 10.3. The molecule has 0 aromatic carbocycles. The molecular formula is C15H16F3N5O. The molecule has 1 aliphatic heterocycles. The number of hydrogen-bond donors (Lipinski definition) is 1. The number of rotatable bonds is 4. The van der Waals surface area contributed by atoms with E-state index in [0.717, 1.165) is 12.5 Å². The molecule has 1 unspecified atom stereocenters. The maximum Gasteiger partial charge on any atom is 0.433 e. The highest BCUT2D eigenvalue weighted by atomic mass is 19.4. The summed E-state index contributed by atoms with van der Waals surface area (Å²) in [6.45, 7) is 1.13. The largest absolute Gasteiger partial charge is 0.481 e. The summed E-state index contributed by atoms with van der Waals surface area (Å²) in [7, 11) is 1.52. The van der Waals surface area contributed by atoms with Crippen LogP contribution in [0.3, 0.4) is 0 Å². The van der Waals surface area contributed by atoms with Crippen LogP contribution in [0.2, 0.25) is 0 Å². The number of alkyl halides is 3. The van der Waals surface area contributed by atoms with Crippen LogP contribution in [-0.2, 0) is 6.18 Å². The number of pyridine rings is 1. The number of nitrogens with one attached hydrogen (secondary N) is 1. The van der Waals surface area contributed by atoms with Crippen LogP contribution >= 0.6 is 0 Å². The third-order valence-corrected chi connectivity index (χ3v) is 3.71. The molecule has 1 atom stereocenters. The smallest absolute Gasteiger partial charge is 0.433 e. The highest BCUT2D eigenvalue weighted by molar-refractivity contribution is 5.43. The van der Waals surface area contributed by atoms with Crippen molar-refractivity contribution < 1.29 is 17.9 Å². The normalized spacial score (nSPS) is 17.8. The monoisotopic (exact) mass is 339 g/mol. The van der Waals surface area contributed by atoms with Crippen molar-refractivity contribution in [1.29, 1.82) is 0 Å². The van der Waals surface area contributed by atoms with E-state index in [4.69, 9.17) is 4.74 Å². The molecule has 6 nitrogen and oxygen atoms in total. The summed E-state index contributed by atoms with van der Waals surface area (Å²) in [6.07, 6.45) is -2.12. The Balaban J connectivity index is 1.67. The van der Waals surface area contributed by atoms with E-state index in [9.17, 15) is 13.2 Å². The first-order chi connectivity index (χ1) is 11.5. The Hall–Kier alpha value is -2.58. The van der Waals surface area contributed by atoms with Crippen LogP contribution in [0.1, 0.15) is 12.1 Å². The zero-order chi connectivity index (χ0) is 17.2. The highest BCUT2D eigenvalue weighted by Gasteiger charge is 2.33. The summed E-state index contributed by atoms with van der Waals surface area (Å²) in [6, 6.07) is 5.59. The van der Waals surface area contributed by atoms with Gasteiger partial charge in [0.15, 0.2) is 0 Å². The predicted octanol–water partition coefficient (Wildman–Crippen LogP) is 2.59. The van der Waals surface area contributed by atoms with E-state index in [1.54, 1.807) is 18.3 Å². The van der Waals surface area contributed by atoms with Crippen LogP contribution < -0.4 is 15.0 Å². The van der Waals surface area contributed by atoms with Crippen LogP contribution in [0.15, 0.2) is 30.5 Å². The van der Waals surface area contributed by atoms with Gasteiger partial charge in [0.25, 0.3) is 0 Å². The van der Waals surface area contributed by atoms with E-state index in [1.807, 2.05) is 4.90 Å². The van der Waals surface area contributed by atoms with Gasteiger partial charge in [-0.15, -0.1) is 0 Å². The number of halogens is 3. The highest BCUT2D eigenvalue weighted by Crippen LogP contribution is 2.29. The summed E-state index contributed by atoms with van der Waals surface area (Å²) in [4.78, 5) is 13.8. The average molecular weight is 339 g/mol. The number of methoxy groups -OCH3 is 1. The van der Waals surface area contributed by atoms with Crippen LogP contribution in [-0.4, -0.2) is 41.2 Å². The molecule has 0 bridgehead atoms. The molecule has 2 aromatic rings. The minimum atomic E-state index is -4.44. The third-order valence-electron chi connectivity index (χ3n) is 3.71. The SMILES string of the molecule is COc1ccnc(NC2CCN(c3cccc(C(F)(F)F)n3)C2)n1. The van der Waals surface area contributed by atoms with Gasteiger partial charge in [0, 0.05) is 31.4 Å². The van der Waals surface area contributed by atoms with Gasteiger partial charge in [-0.25, -0.2) is 9.97 Å². The molecular weight excluding hydrogens is 323 g/mol. The van der Waals surface area contributed by atoms with Gasteiger partial charge in [0.05, 0.1) is 7.11 Å². The van der Waals surface area contributed by atoms with Crippen molar-refractivity contribution in [3.63, 3.8) is 0 Å². The van der Waals surface area contributed by atoms with Crippen molar-refractivity contribution in [2.45, 2.75) is 18.6 Å². The maximum absolute atomic E-state index is 12.8. The summed E-state index contributed by atoms with van der Waals surface area (Å²) in [5.74, 6) is 1.20. The fourth-order valence-corrected chi connectivity index (χ4v) is 2.55. The molecule has 1 fully saturated rings. The molecule has 24 heavy (non-hydrogen) atoms. The number of aromatic nitrogens is 3. The maximum atomic E-state index is 12.8. The molecule has 9 heteroatoms. The molecule has 0 radical (unpaired) electrons. The molecule has 0 aliphatic carbocycles. The Morgan fingerprint density at radius 3 is 2.83 bits per heavy atom. The summed E-state index contributed by atoms with van der Waals surface area (Å²) < 4.78 is 43.3. The molecule has 0 saturated carbocycles. The van der Waals surface area contributed by atoms with E-state index >= 15 is 0 Å². The Morgan fingerprint density at radius 1 is 1.25 bits per heavy atom. The second kappa shape index (κ2) is 6.50. The van der Waals surface area contributed by atoms with Gasteiger partial charge in [-0.05, 0) is 18.6 Å². The zero-order valence-corrected chi connectivity index (χ0v) is 12.9. The Labute approximate surface area is 136 Å². The van der Waals surface area contributed by atoms with Crippen molar-refractivity contribution in [3.05, 3.63) is 36.2 Å². The molecule has 0 spiro atoms. The fraction of sp³-hybridized carbons (Fsp3) is 0.400. The molecule has 1 saturated heterocycles. The lowest BCUT2D eigenvalue weighted by Gasteiger charge is -2.19. The first-order valence-electron chi connectivity index (χ1n) is 7.38. The fourth-order valence-electron chi connectivity index (χ4n) is 2.55. The molecule has 3 rings (SSSR count). The average Bonchev–Trinajstić information content (AvgIpc) is 3.03. The zero-order valence-electron chi connectivity index (χ0n) is 12.9. The number of nitrogens with zero attached hydrogens (tertiary/aromatic N) is 4. The Kier molecular flexibility index (Phi) is 4.41. The van der Waals surface area contributed by atoms with E-state index in [2.05, 4.69) is 20.3 Å². The van der Waals surface area contributed by atoms with Gasteiger partial charge in [-0.1, -0.05) is 6.07 Å². The van der Waals surface area contributed by atoms with Crippen molar-refractivity contribution in [2.75, 3.05) is 30.4 Å². The minimum Gasteiger partial charge on any atom is -0.481 e. The number of hydrogen-bond acceptors (Lipinski definition) is 6. The van der Waals surface area contributed by atoms with Gasteiger partial charge >= 0.3 is 6.18 Å². The van der Waals surface area contributed by atoms with Crippen LogP contribution in [0.4, 0.5) is 24.9 Å². The summed E-state index contributed by atoms with van der Waals surface area (Å²) >= 11 is 0. The van der Waals surface area contributed by atoms with Crippen molar-refractivity contribution >= 4 is 11.8 Å². The predicted molar refractivity (Wildman–Crippen MR) is 82.1 cm³/mol. The Bertz CT molecular complexity index is 710. The first-order valence-corrected chi connectivity index (χ1v) is 7.38. The van der Waals surface area contributed by atoms with Gasteiger partial charge in [-0.2, -0.15) is 18.2 Å². The summed E-state index contributed by atoms with van der Waals surface area (Å²) in [5.41, 5.74) is -0.882. The Morgan fingerprint density at radius 2 is 2.08 bits per heavy atom. The second-order valence-corrected chi connectivity index (χ2v) is 5.38. The third kappa shape index (κ3) is 3.66. The molecule has 128 valence electrons. The van der Waals surface area contributed by atoms with Crippen molar-refractivity contribution in [1.82, 2.24) is 15.0 Å².